The van der Waals surface area contributed by atoms with Crippen LogP contribution in [0, 0.1) is 6.92 Å². The third kappa shape index (κ3) is 2.71. The molecule has 0 bridgehead atoms. The van der Waals surface area contributed by atoms with Gasteiger partial charge in [-0.15, -0.1) is 0 Å². The average Bonchev–Trinajstić information content (AvgIpc) is 2.37. The number of halogens is 1. The Kier molecular flexibility index (Phi) is 3.67. The zero-order valence-electron chi connectivity index (χ0n) is 10.3. The van der Waals surface area contributed by atoms with Crippen molar-refractivity contribution < 1.29 is 0 Å². The molecule has 2 aromatic rings. The standard InChI is InChI=1S/C13H14ClN3O/c1-9-3-5-10(6-4-9)7-15-11-8-16-17(2)13(18)12(11)14/h3-6,8,15H,7H2,1-2H3. The van der Waals surface area contributed by atoms with Crippen LogP contribution in [0.4, 0.5) is 5.69 Å². The molecule has 0 radical (unpaired) electrons. The van der Waals surface area contributed by atoms with Gasteiger partial charge in [0.05, 0.1) is 11.9 Å². The van der Waals surface area contributed by atoms with E-state index in [1.807, 2.05) is 31.2 Å². The Bertz CT molecular complexity index is 605. The molecule has 94 valence electrons. The number of hydrogen-bond acceptors (Lipinski definition) is 3. The normalized spacial score (nSPS) is 10.4. The first-order valence-corrected chi connectivity index (χ1v) is 5.97. The molecule has 0 amide bonds. The van der Waals surface area contributed by atoms with E-state index in [0.29, 0.717) is 12.2 Å². The molecule has 0 spiro atoms. The first-order valence-electron chi connectivity index (χ1n) is 5.59. The molecule has 1 N–H and O–H groups in total. The first-order chi connectivity index (χ1) is 8.58. The van der Waals surface area contributed by atoms with Crippen molar-refractivity contribution >= 4 is 17.3 Å². The lowest BCUT2D eigenvalue weighted by Gasteiger charge is -2.08. The van der Waals surface area contributed by atoms with Crippen LogP contribution >= 0.6 is 11.6 Å². The van der Waals surface area contributed by atoms with Crippen molar-refractivity contribution in [3.63, 3.8) is 0 Å². The topological polar surface area (TPSA) is 46.9 Å². The van der Waals surface area contributed by atoms with E-state index >= 15 is 0 Å². The molecule has 0 atom stereocenters. The van der Waals surface area contributed by atoms with Gasteiger partial charge in [0.1, 0.15) is 5.02 Å². The predicted octanol–water partition coefficient (Wildman–Crippen LogP) is 2.35. The van der Waals surface area contributed by atoms with Gasteiger partial charge in [0.25, 0.3) is 5.56 Å². The molecule has 4 nitrogen and oxygen atoms in total. The Labute approximate surface area is 110 Å². The summed E-state index contributed by atoms with van der Waals surface area (Å²) in [6.07, 6.45) is 1.55. The Morgan fingerprint density at radius 1 is 1.33 bits per heavy atom. The number of nitrogens with one attached hydrogen (secondary N) is 1. The van der Waals surface area contributed by atoms with Gasteiger partial charge in [0.15, 0.2) is 0 Å². The fourth-order valence-electron chi connectivity index (χ4n) is 1.54. The highest BCUT2D eigenvalue weighted by molar-refractivity contribution is 6.32. The van der Waals surface area contributed by atoms with Crippen LogP contribution in [0.3, 0.4) is 0 Å². The summed E-state index contributed by atoms with van der Waals surface area (Å²) < 4.78 is 1.21. The maximum absolute atomic E-state index is 11.6. The van der Waals surface area contributed by atoms with Crippen LogP contribution in [0.2, 0.25) is 5.02 Å². The van der Waals surface area contributed by atoms with E-state index in [-0.39, 0.29) is 10.6 Å². The lowest BCUT2D eigenvalue weighted by molar-refractivity contribution is 0.708. The van der Waals surface area contributed by atoms with Crippen molar-refractivity contribution in [2.75, 3.05) is 5.32 Å². The Hall–Kier alpha value is -1.81. The fourth-order valence-corrected chi connectivity index (χ4v) is 1.78. The lowest BCUT2D eigenvalue weighted by atomic mass is 10.1. The molecule has 1 aromatic carbocycles. The molecule has 2 rings (SSSR count). The monoisotopic (exact) mass is 263 g/mol. The minimum Gasteiger partial charge on any atom is -0.378 e. The van der Waals surface area contributed by atoms with Gasteiger partial charge >= 0.3 is 0 Å². The second-order valence-corrected chi connectivity index (χ2v) is 4.52. The summed E-state index contributed by atoms with van der Waals surface area (Å²) in [5, 5.41) is 7.20. The summed E-state index contributed by atoms with van der Waals surface area (Å²) >= 11 is 5.95. The second-order valence-electron chi connectivity index (χ2n) is 4.14. The summed E-state index contributed by atoms with van der Waals surface area (Å²) in [5.41, 5.74) is 2.59. The van der Waals surface area contributed by atoms with Gasteiger partial charge in [-0.1, -0.05) is 41.4 Å². The molecule has 0 fully saturated rings. The van der Waals surface area contributed by atoms with Crippen LogP contribution in [0.1, 0.15) is 11.1 Å². The van der Waals surface area contributed by atoms with E-state index in [4.69, 9.17) is 11.6 Å². The maximum Gasteiger partial charge on any atom is 0.287 e. The van der Waals surface area contributed by atoms with Crippen LogP contribution in [0.5, 0.6) is 0 Å². The Balaban J connectivity index is 2.13. The summed E-state index contributed by atoms with van der Waals surface area (Å²) in [4.78, 5) is 11.6. The second kappa shape index (κ2) is 5.23. The van der Waals surface area contributed by atoms with Crippen LogP contribution in [0.15, 0.2) is 35.3 Å². The van der Waals surface area contributed by atoms with Crippen molar-refractivity contribution in [1.29, 1.82) is 0 Å². The van der Waals surface area contributed by atoms with E-state index in [1.54, 1.807) is 13.2 Å². The third-order valence-corrected chi connectivity index (χ3v) is 3.05. The molecule has 5 heteroatoms. The molecule has 0 aliphatic carbocycles. The largest absolute Gasteiger partial charge is 0.378 e. The molecule has 0 saturated carbocycles. The smallest absolute Gasteiger partial charge is 0.287 e. The highest BCUT2D eigenvalue weighted by Crippen LogP contribution is 2.16. The summed E-state index contributed by atoms with van der Waals surface area (Å²) in [7, 11) is 1.57. The molecule has 0 aliphatic heterocycles. The number of benzene rings is 1. The van der Waals surface area contributed by atoms with E-state index in [0.717, 1.165) is 5.56 Å². The molecular weight excluding hydrogens is 250 g/mol. The van der Waals surface area contributed by atoms with Gasteiger partial charge in [0.2, 0.25) is 0 Å². The van der Waals surface area contributed by atoms with E-state index in [2.05, 4.69) is 10.4 Å². The van der Waals surface area contributed by atoms with Crippen LogP contribution in [-0.2, 0) is 13.6 Å². The van der Waals surface area contributed by atoms with Crippen LogP contribution in [0.25, 0.3) is 0 Å². The molecule has 18 heavy (non-hydrogen) atoms. The zero-order chi connectivity index (χ0) is 13.1. The highest BCUT2D eigenvalue weighted by Gasteiger charge is 2.06. The van der Waals surface area contributed by atoms with Crippen LogP contribution in [-0.4, -0.2) is 9.78 Å². The summed E-state index contributed by atoms with van der Waals surface area (Å²) in [6, 6.07) is 8.15. The maximum atomic E-state index is 11.6. The Morgan fingerprint density at radius 3 is 2.67 bits per heavy atom. The van der Waals surface area contributed by atoms with Gasteiger partial charge in [-0.3, -0.25) is 4.79 Å². The van der Waals surface area contributed by atoms with Crippen molar-refractivity contribution in [2.45, 2.75) is 13.5 Å². The average molecular weight is 264 g/mol. The minimum absolute atomic E-state index is 0.166. The quantitative estimate of drug-likeness (QED) is 0.925. The highest BCUT2D eigenvalue weighted by atomic mass is 35.5. The third-order valence-electron chi connectivity index (χ3n) is 2.68. The van der Waals surface area contributed by atoms with Crippen LogP contribution < -0.4 is 10.9 Å². The van der Waals surface area contributed by atoms with E-state index in [9.17, 15) is 4.79 Å². The van der Waals surface area contributed by atoms with E-state index in [1.165, 1.54) is 10.2 Å². The van der Waals surface area contributed by atoms with Crippen molar-refractivity contribution in [2.24, 2.45) is 7.05 Å². The van der Waals surface area contributed by atoms with Crippen molar-refractivity contribution in [3.8, 4) is 0 Å². The molecule has 0 aliphatic rings. The number of nitrogens with zero attached hydrogens (tertiary/aromatic N) is 2. The number of anilines is 1. The Morgan fingerprint density at radius 2 is 2.00 bits per heavy atom. The molecule has 0 unspecified atom stereocenters. The zero-order valence-corrected chi connectivity index (χ0v) is 11.0. The van der Waals surface area contributed by atoms with Crippen molar-refractivity contribution in [1.82, 2.24) is 9.78 Å². The number of hydrogen-bond donors (Lipinski definition) is 1. The number of aromatic nitrogens is 2. The first kappa shape index (κ1) is 12.6. The molecule has 1 aromatic heterocycles. The van der Waals surface area contributed by atoms with Gasteiger partial charge < -0.3 is 5.32 Å². The predicted molar refractivity (Wildman–Crippen MR) is 73.0 cm³/mol. The number of aryl methyl sites for hydroxylation is 2. The molecule has 0 saturated heterocycles. The van der Waals surface area contributed by atoms with Crippen molar-refractivity contribution in [3.05, 3.63) is 57.0 Å². The van der Waals surface area contributed by atoms with Gasteiger partial charge in [-0.2, -0.15) is 5.10 Å². The number of rotatable bonds is 3. The van der Waals surface area contributed by atoms with Gasteiger partial charge in [-0.25, -0.2) is 4.68 Å². The molecule has 1 heterocycles. The molecular formula is C13H14ClN3O. The van der Waals surface area contributed by atoms with Gasteiger partial charge in [-0.05, 0) is 12.5 Å². The summed E-state index contributed by atoms with van der Waals surface area (Å²) in [5.74, 6) is 0. The van der Waals surface area contributed by atoms with E-state index < -0.39 is 0 Å². The van der Waals surface area contributed by atoms with Gasteiger partial charge in [0, 0.05) is 13.6 Å². The minimum atomic E-state index is -0.300. The SMILES string of the molecule is Cc1ccc(CNc2cnn(C)c(=O)c2Cl)cc1. The fraction of sp³-hybridized carbons (Fsp3) is 0.231. The summed E-state index contributed by atoms with van der Waals surface area (Å²) in [6.45, 7) is 2.65. The lowest BCUT2D eigenvalue weighted by Crippen LogP contribution is -2.21.